The number of rotatable bonds is 4. The number of nitrogens with zero attached hydrogens (tertiary/aromatic N) is 2. The maximum absolute atomic E-state index is 13.1. The van der Waals surface area contributed by atoms with Crippen molar-refractivity contribution in [3.05, 3.63) is 81.1 Å². The highest BCUT2D eigenvalue weighted by molar-refractivity contribution is 6.04. The fourth-order valence-electron chi connectivity index (χ4n) is 4.58. The van der Waals surface area contributed by atoms with Crippen molar-refractivity contribution in [2.45, 2.75) is 38.6 Å². The van der Waals surface area contributed by atoms with Gasteiger partial charge in [-0.1, -0.05) is 49.4 Å². The summed E-state index contributed by atoms with van der Waals surface area (Å²) in [6.07, 6.45) is 1.49. The molecular weight excluding hydrogens is 418 g/mol. The zero-order valence-electron chi connectivity index (χ0n) is 18.4. The number of H-pyrrole nitrogens is 1. The highest BCUT2D eigenvalue weighted by Gasteiger charge is 2.35. The second kappa shape index (κ2) is 8.54. The van der Waals surface area contributed by atoms with Crippen molar-refractivity contribution in [2.75, 3.05) is 22.1 Å². The van der Waals surface area contributed by atoms with Crippen LogP contribution in [0.15, 0.2) is 53.3 Å². The molecule has 0 unspecified atom stereocenters. The summed E-state index contributed by atoms with van der Waals surface area (Å²) in [6, 6.07) is 15.7. The van der Waals surface area contributed by atoms with E-state index in [1.165, 1.54) is 11.1 Å². The molecule has 33 heavy (non-hydrogen) atoms. The first kappa shape index (κ1) is 20.9. The summed E-state index contributed by atoms with van der Waals surface area (Å²) in [5, 5.41) is 5.59. The van der Waals surface area contributed by atoms with E-state index in [2.05, 4.69) is 32.7 Å². The van der Waals surface area contributed by atoms with Crippen LogP contribution < -0.4 is 21.1 Å². The number of benzene rings is 2. The molecule has 2 aliphatic heterocycles. The van der Waals surface area contributed by atoms with Gasteiger partial charge in [0.2, 0.25) is 17.8 Å². The molecule has 2 amide bonds. The van der Waals surface area contributed by atoms with Gasteiger partial charge in [0.25, 0.3) is 5.56 Å². The van der Waals surface area contributed by atoms with Gasteiger partial charge in [0.05, 0.1) is 11.5 Å². The summed E-state index contributed by atoms with van der Waals surface area (Å²) in [7, 11) is 0. The van der Waals surface area contributed by atoms with Crippen LogP contribution in [0.25, 0.3) is 0 Å². The summed E-state index contributed by atoms with van der Waals surface area (Å²) in [6.45, 7) is 3.32. The number of para-hydroxylation sites is 1. The lowest BCUT2D eigenvalue weighted by atomic mass is 9.92. The monoisotopic (exact) mass is 443 g/mol. The standard InChI is InChI=1S/C25H25N5O3/c1-2-15-7-5-6-10-19(15)26-23(32)18-13-20(31)27-22-21(18)24(33)29-25(28-22)30-12-11-16-8-3-4-9-17(16)14-30/h3-10,18H,2,11-14H2,1H3,(H,26,32)(H2,27,28,29,31,33)/t18-/m0/s1. The number of carbonyl (C=O) groups is 2. The molecule has 8 heteroatoms. The molecule has 3 N–H and O–H groups in total. The van der Waals surface area contributed by atoms with Crippen molar-refractivity contribution in [2.24, 2.45) is 0 Å². The van der Waals surface area contributed by atoms with E-state index in [0.717, 1.165) is 18.4 Å². The van der Waals surface area contributed by atoms with Gasteiger partial charge in [-0.15, -0.1) is 0 Å². The predicted molar refractivity (Wildman–Crippen MR) is 126 cm³/mol. The molecule has 3 heterocycles. The number of carbonyl (C=O) groups excluding carboxylic acids is 2. The highest BCUT2D eigenvalue weighted by atomic mass is 16.2. The SMILES string of the molecule is CCc1ccccc1NC(=O)[C@H]1CC(=O)Nc2nc(N3CCc4ccccc4C3)[nH]c(=O)c21. The van der Waals surface area contributed by atoms with Crippen molar-refractivity contribution in [1.82, 2.24) is 9.97 Å². The number of hydrogen-bond donors (Lipinski definition) is 3. The Hall–Kier alpha value is -3.94. The van der Waals surface area contributed by atoms with Gasteiger partial charge in [-0.2, -0.15) is 4.98 Å². The van der Waals surface area contributed by atoms with Crippen LogP contribution in [0.2, 0.25) is 0 Å². The summed E-state index contributed by atoms with van der Waals surface area (Å²) in [5.74, 6) is -1.08. The second-order valence-electron chi connectivity index (χ2n) is 8.40. The van der Waals surface area contributed by atoms with Crippen LogP contribution >= 0.6 is 0 Å². The third-order valence-electron chi connectivity index (χ3n) is 6.34. The molecule has 0 bridgehead atoms. The molecular formula is C25H25N5O3. The summed E-state index contributed by atoms with van der Waals surface area (Å²) < 4.78 is 0. The minimum atomic E-state index is -0.911. The van der Waals surface area contributed by atoms with Gasteiger partial charge in [-0.25, -0.2) is 0 Å². The molecule has 0 aliphatic carbocycles. The fraction of sp³-hybridized carbons (Fsp3) is 0.280. The first-order valence-corrected chi connectivity index (χ1v) is 11.2. The average molecular weight is 444 g/mol. The molecule has 1 aromatic heterocycles. The van der Waals surface area contributed by atoms with Crippen LogP contribution in [0.5, 0.6) is 0 Å². The van der Waals surface area contributed by atoms with Crippen molar-refractivity contribution >= 4 is 29.3 Å². The number of anilines is 3. The quantitative estimate of drug-likeness (QED) is 0.575. The highest BCUT2D eigenvalue weighted by Crippen LogP contribution is 2.31. The second-order valence-corrected chi connectivity index (χ2v) is 8.40. The normalized spacial score (nSPS) is 17.1. The summed E-state index contributed by atoms with van der Waals surface area (Å²) >= 11 is 0. The topological polar surface area (TPSA) is 107 Å². The van der Waals surface area contributed by atoms with Gasteiger partial charge >= 0.3 is 0 Å². The Balaban J connectivity index is 1.45. The number of amides is 2. The molecule has 0 saturated carbocycles. The fourth-order valence-corrected chi connectivity index (χ4v) is 4.58. The van der Waals surface area contributed by atoms with Gasteiger partial charge in [-0.05, 0) is 35.6 Å². The Morgan fingerprint density at radius 2 is 1.88 bits per heavy atom. The molecule has 168 valence electrons. The van der Waals surface area contributed by atoms with Crippen LogP contribution in [0.3, 0.4) is 0 Å². The zero-order valence-corrected chi connectivity index (χ0v) is 18.4. The Morgan fingerprint density at radius 1 is 1.12 bits per heavy atom. The van der Waals surface area contributed by atoms with Crippen LogP contribution in [0.1, 0.15) is 41.5 Å². The molecule has 0 saturated heterocycles. The third kappa shape index (κ3) is 4.00. The Labute approximate surface area is 191 Å². The number of aryl methyl sites for hydroxylation is 1. The largest absolute Gasteiger partial charge is 0.338 e. The lowest BCUT2D eigenvalue weighted by Crippen LogP contribution is -2.39. The number of aromatic nitrogens is 2. The molecule has 1 atom stereocenters. The Bertz CT molecular complexity index is 1300. The lowest BCUT2D eigenvalue weighted by molar-refractivity contribution is -0.123. The van der Waals surface area contributed by atoms with E-state index in [1.807, 2.05) is 48.2 Å². The molecule has 8 nitrogen and oxygen atoms in total. The van der Waals surface area contributed by atoms with E-state index in [4.69, 9.17) is 0 Å². The molecule has 5 rings (SSSR count). The van der Waals surface area contributed by atoms with Crippen molar-refractivity contribution < 1.29 is 9.59 Å². The van der Waals surface area contributed by atoms with Crippen LogP contribution in [-0.2, 0) is 29.0 Å². The van der Waals surface area contributed by atoms with Crippen LogP contribution in [0.4, 0.5) is 17.5 Å². The predicted octanol–water partition coefficient (Wildman–Crippen LogP) is 2.96. The van der Waals surface area contributed by atoms with E-state index in [1.54, 1.807) is 0 Å². The van der Waals surface area contributed by atoms with Crippen LogP contribution in [0, 0.1) is 0 Å². The molecule has 3 aromatic rings. The third-order valence-corrected chi connectivity index (χ3v) is 6.34. The van der Waals surface area contributed by atoms with E-state index in [-0.39, 0.29) is 29.6 Å². The van der Waals surface area contributed by atoms with Crippen molar-refractivity contribution in [3.8, 4) is 0 Å². The summed E-state index contributed by atoms with van der Waals surface area (Å²) in [4.78, 5) is 48.1. The van der Waals surface area contributed by atoms with E-state index >= 15 is 0 Å². The molecule has 0 radical (unpaired) electrons. The maximum atomic E-state index is 13.1. The number of fused-ring (bicyclic) bond motifs is 2. The molecule has 2 aromatic carbocycles. The molecule has 0 spiro atoms. The van der Waals surface area contributed by atoms with Gasteiger partial charge in [0.1, 0.15) is 5.82 Å². The van der Waals surface area contributed by atoms with E-state index in [0.29, 0.717) is 24.7 Å². The number of hydrogen-bond acceptors (Lipinski definition) is 5. The maximum Gasteiger partial charge on any atom is 0.258 e. The Kier molecular flexibility index (Phi) is 5.42. The zero-order chi connectivity index (χ0) is 22.9. The van der Waals surface area contributed by atoms with Gasteiger partial charge in [0.15, 0.2) is 0 Å². The van der Waals surface area contributed by atoms with Gasteiger partial charge < -0.3 is 15.5 Å². The minimum Gasteiger partial charge on any atom is -0.338 e. The van der Waals surface area contributed by atoms with Crippen LogP contribution in [-0.4, -0.2) is 28.3 Å². The van der Waals surface area contributed by atoms with Gasteiger partial charge in [-0.3, -0.25) is 19.4 Å². The average Bonchev–Trinajstić information content (AvgIpc) is 2.83. The minimum absolute atomic E-state index is 0.103. The van der Waals surface area contributed by atoms with Crippen molar-refractivity contribution in [3.63, 3.8) is 0 Å². The molecule has 0 fully saturated rings. The Morgan fingerprint density at radius 3 is 2.70 bits per heavy atom. The van der Waals surface area contributed by atoms with Gasteiger partial charge in [0, 0.05) is 25.2 Å². The van der Waals surface area contributed by atoms with Crippen molar-refractivity contribution in [1.29, 1.82) is 0 Å². The first-order valence-electron chi connectivity index (χ1n) is 11.2. The number of nitrogens with one attached hydrogen (secondary N) is 3. The van der Waals surface area contributed by atoms with E-state index < -0.39 is 11.5 Å². The smallest absolute Gasteiger partial charge is 0.258 e. The summed E-state index contributed by atoms with van der Waals surface area (Å²) in [5.41, 5.74) is 3.93. The first-order chi connectivity index (χ1) is 16.0. The molecule has 2 aliphatic rings. The number of aromatic amines is 1. The lowest BCUT2D eigenvalue weighted by Gasteiger charge is -2.30. The van der Waals surface area contributed by atoms with E-state index in [9.17, 15) is 14.4 Å².